The molecular weight excluding hydrogens is 378 g/mol. The van der Waals surface area contributed by atoms with Crippen LogP contribution in [0.25, 0.3) is 11.0 Å². The minimum absolute atomic E-state index is 0.0304. The van der Waals surface area contributed by atoms with E-state index in [0.717, 1.165) is 31.2 Å². The largest absolute Gasteiger partial charge is 0.372 e. The molecule has 0 bridgehead atoms. The molecule has 0 unspecified atom stereocenters. The van der Waals surface area contributed by atoms with E-state index < -0.39 is 5.92 Å². The SMILES string of the molecule is CCCCCCNC(=O)[C@H](C#N)c1nc2ccccc2nc1N1C[C@@H](C)O[C@H](C)C1. The maximum atomic E-state index is 12.9. The van der Waals surface area contributed by atoms with Gasteiger partial charge in [-0.1, -0.05) is 38.3 Å². The van der Waals surface area contributed by atoms with E-state index in [9.17, 15) is 10.1 Å². The molecule has 3 atom stereocenters. The Morgan fingerprint density at radius 1 is 1.20 bits per heavy atom. The number of unbranched alkanes of at least 4 members (excludes halogenated alkanes) is 3. The van der Waals surface area contributed by atoms with Crippen LogP contribution in [0, 0.1) is 11.3 Å². The summed E-state index contributed by atoms with van der Waals surface area (Å²) >= 11 is 0. The van der Waals surface area contributed by atoms with Crippen molar-refractivity contribution >= 4 is 22.8 Å². The lowest BCUT2D eigenvalue weighted by Gasteiger charge is -2.37. The Hall–Kier alpha value is -2.72. The Bertz CT molecular complexity index is 900. The Morgan fingerprint density at radius 2 is 1.87 bits per heavy atom. The van der Waals surface area contributed by atoms with Crippen LogP contribution in [0.4, 0.5) is 5.82 Å². The summed E-state index contributed by atoms with van der Waals surface area (Å²) in [5, 5.41) is 12.8. The zero-order chi connectivity index (χ0) is 21.5. The lowest BCUT2D eigenvalue weighted by Crippen LogP contribution is -2.46. The second-order valence-corrected chi connectivity index (χ2v) is 8.00. The van der Waals surface area contributed by atoms with Gasteiger partial charge in [-0.05, 0) is 32.4 Å². The molecule has 30 heavy (non-hydrogen) atoms. The van der Waals surface area contributed by atoms with Crippen LogP contribution in [-0.4, -0.2) is 47.7 Å². The molecule has 1 saturated heterocycles. The summed E-state index contributed by atoms with van der Waals surface area (Å²) in [6.07, 6.45) is 4.32. The quantitative estimate of drug-likeness (QED) is 0.671. The molecule has 0 spiro atoms. The van der Waals surface area contributed by atoms with Gasteiger partial charge in [-0.2, -0.15) is 5.26 Å². The molecule has 1 aromatic carbocycles. The lowest BCUT2D eigenvalue weighted by molar-refractivity contribution is -0.121. The second-order valence-electron chi connectivity index (χ2n) is 8.00. The maximum Gasteiger partial charge on any atom is 0.243 e. The molecule has 7 heteroatoms. The van der Waals surface area contributed by atoms with Crippen LogP contribution in [0.15, 0.2) is 24.3 Å². The Kier molecular flexibility index (Phi) is 7.58. The third-order valence-electron chi connectivity index (χ3n) is 5.29. The normalized spacial score (nSPS) is 20.0. The fourth-order valence-corrected chi connectivity index (χ4v) is 3.89. The van der Waals surface area contributed by atoms with Gasteiger partial charge in [-0.15, -0.1) is 0 Å². The number of morpholine rings is 1. The number of anilines is 1. The first-order valence-corrected chi connectivity index (χ1v) is 10.9. The van der Waals surface area contributed by atoms with Crippen molar-refractivity contribution in [2.45, 2.75) is 64.6 Å². The first-order chi connectivity index (χ1) is 14.5. The molecule has 1 N–H and O–H groups in total. The fourth-order valence-electron chi connectivity index (χ4n) is 3.89. The zero-order valence-electron chi connectivity index (χ0n) is 18.1. The van der Waals surface area contributed by atoms with Crippen molar-refractivity contribution in [3.63, 3.8) is 0 Å². The van der Waals surface area contributed by atoms with Crippen molar-refractivity contribution in [1.29, 1.82) is 5.26 Å². The smallest absolute Gasteiger partial charge is 0.243 e. The number of carbonyl (C=O) groups excluding carboxylic acids is 1. The number of hydrogen-bond donors (Lipinski definition) is 1. The molecule has 1 aliphatic heterocycles. The Morgan fingerprint density at radius 3 is 2.50 bits per heavy atom. The molecule has 0 saturated carbocycles. The van der Waals surface area contributed by atoms with E-state index >= 15 is 0 Å². The van der Waals surface area contributed by atoms with Crippen LogP contribution in [0.5, 0.6) is 0 Å². The molecule has 160 valence electrons. The third-order valence-corrected chi connectivity index (χ3v) is 5.29. The number of aromatic nitrogens is 2. The molecule has 0 aliphatic carbocycles. The molecular formula is C23H31N5O2. The zero-order valence-corrected chi connectivity index (χ0v) is 18.1. The van der Waals surface area contributed by atoms with Crippen LogP contribution in [0.2, 0.25) is 0 Å². The Balaban J connectivity index is 1.91. The highest BCUT2D eigenvalue weighted by Crippen LogP contribution is 2.29. The number of benzene rings is 1. The van der Waals surface area contributed by atoms with Crippen LogP contribution < -0.4 is 10.2 Å². The van der Waals surface area contributed by atoms with Gasteiger partial charge in [0.25, 0.3) is 0 Å². The lowest BCUT2D eigenvalue weighted by atomic mass is 10.0. The van der Waals surface area contributed by atoms with Crippen LogP contribution in [0.3, 0.4) is 0 Å². The number of nitriles is 1. The van der Waals surface area contributed by atoms with Gasteiger partial charge >= 0.3 is 0 Å². The molecule has 7 nitrogen and oxygen atoms in total. The van der Waals surface area contributed by atoms with Crippen molar-refractivity contribution in [2.24, 2.45) is 0 Å². The summed E-state index contributed by atoms with van der Waals surface area (Å²) in [6.45, 7) is 8.03. The maximum absolute atomic E-state index is 12.9. The summed E-state index contributed by atoms with van der Waals surface area (Å²) in [7, 11) is 0. The molecule has 1 aliphatic rings. The van der Waals surface area contributed by atoms with E-state index in [1.807, 2.05) is 38.1 Å². The van der Waals surface area contributed by atoms with Gasteiger partial charge < -0.3 is 15.0 Å². The molecule has 1 amide bonds. The number of carbonyl (C=O) groups is 1. The summed E-state index contributed by atoms with van der Waals surface area (Å²) in [5.41, 5.74) is 1.85. The predicted molar refractivity (Wildman–Crippen MR) is 117 cm³/mol. The number of rotatable bonds is 8. The van der Waals surface area contributed by atoms with Gasteiger partial charge in [0.05, 0.1) is 29.3 Å². The highest BCUT2D eigenvalue weighted by atomic mass is 16.5. The predicted octanol–water partition coefficient (Wildman–Crippen LogP) is 3.55. The highest BCUT2D eigenvalue weighted by molar-refractivity contribution is 5.88. The van der Waals surface area contributed by atoms with E-state index in [4.69, 9.17) is 14.7 Å². The first kappa shape index (κ1) is 22.0. The number of fused-ring (bicyclic) bond motifs is 1. The highest BCUT2D eigenvalue weighted by Gasteiger charge is 2.31. The number of nitrogens with one attached hydrogen (secondary N) is 1. The number of ether oxygens (including phenoxy) is 1. The van der Waals surface area contributed by atoms with Gasteiger partial charge in [0.15, 0.2) is 11.7 Å². The number of hydrogen-bond acceptors (Lipinski definition) is 6. The van der Waals surface area contributed by atoms with Crippen molar-refractivity contribution in [1.82, 2.24) is 15.3 Å². The van der Waals surface area contributed by atoms with E-state index in [2.05, 4.69) is 23.2 Å². The summed E-state index contributed by atoms with van der Waals surface area (Å²) in [6, 6.07) is 9.72. The standard InChI is InChI=1S/C23H31N5O2/c1-4-5-6-9-12-25-23(29)18(13-24)21-22(28-14-16(2)30-17(3)15-28)27-20-11-8-7-10-19(20)26-21/h7-8,10-11,16-18H,4-6,9,12,14-15H2,1-3H3,(H,25,29)/t16-,17-,18-/m1/s1. The summed E-state index contributed by atoms with van der Waals surface area (Å²) < 4.78 is 5.85. The number of nitrogens with zero attached hydrogens (tertiary/aromatic N) is 4. The molecule has 2 aromatic rings. The van der Waals surface area contributed by atoms with Crippen molar-refractivity contribution in [3.05, 3.63) is 30.0 Å². The number of para-hydroxylation sites is 2. The van der Waals surface area contributed by atoms with Gasteiger partial charge in [-0.25, -0.2) is 9.97 Å². The average Bonchev–Trinajstić information content (AvgIpc) is 2.73. The van der Waals surface area contributed by atoms with Crippen LogP contribution in [0.1, 0.15) is 58.1 Å². The number of amides is 1. The van der Waals surface area contributed by atoms with Crippen molar-refractivity contribution in [2.75, 3.05) is 24.5 Å². The fraction of sp³-hybridized carbons (Fsp3) is 0.565. The molecule has 1 fully saturated rings. The molecule has 3 rings (SSSR count). The van der Waals surface area contributed by atoms with Crippen LogP contribution in [-0.2, 0) is 9.53 Å². The van der Waals surface area contributed by atoms with Gasteiger partial charge in [0, 0.05) is 19.6 Å². The monoisotopic (exact) mass is 409 g/mol. The first-order valence-electron chi connectivity index (χ1n) is 10.9. The van der Waals surface area contributed by atoms with E-state index in [0.29, 0.717) is 36.7 Å². The van der Waals surface area contributed by atoms with E-state index in [1.54, 1.807) is 0 Å². The molecule has 0 radical (unpaired) electrons. The molecule has 2 heterocycles. The minimum Gasteiger partial charge on any atom is -0.372 e. The van der Waals surface area contributed by atoms with Crippen molar-refractivity contribution < 1.29 is 9.53 Å². The summed E-state index contributed by atoms with van der Waals surface area (Å²) in [4.78, 5) is 24.5. The minimum atomic E-state index is -1.00. The van der Waals surface area contributed by atoms with Crippen molar-refractivity contribution in [3.8, 4) is 6.07 Å². The topological polar surface area (TPSA) is 91.1 Å². The van der Waals surface area contributed by atoms with E-state index in [1.165, 1.54) is 0 Å². The van der Waals surface area contributed by atoms with Gasteiger partial charge in [-0.3, -0.25) is 4.79 Å². The average molecular weight is 410 g/mol. The third kappa shape index (κ3) is 5.25. The van der Waals surface area contributed by atoms with E-state index in [-0.39, 0.29) is 18.1 Å². The Labute approximate surface area is 178 Å². The second kappa shape index (κ2) is 10.4. The molecule has 1 aromatic heterocycles. The summed E-state index contributed by atoms with van der Waals surface area (Å²) in [5.74, 6) is -0.714. The van der Waals surface area contributed by atoms with Gasteiger partial charge in [0.1, 0.15) is 5.69 Å². The van der Waals surface area contributed by atoms with Gasteiger partial charge in [0.2, 0.25) is 5.91 Å². The van der Waals surface area contributed by atoms with Crippen LogP contribution >= 0.6 is 0 Å².